The van der Waals surface area contributed by atoms with Gasteiger partial charge < -0.3 is 11.1 Å². The SMILES string of the molecule is CCn1ncc(N)c1C(=O)NC(C)c1cccc(F)c1. The molecule has 0 aliphatic heterocycles. The second kappa shape index (κ2) is 5.73. The number of nitrogens with two attached hydrogens (primary N) is 1. The molecule has 20 heavy (non-hydrogen) atoms. The van der Waals surface area contributed by atoms with Crippen molar-refractivity contribution in [3.05, 3.63) is 47.5 Å². The minimum absolute atomic E-state index is 0.321. The standard InChI is InChI=1S/C14H17FN4O/c1-3-19-13(12(16)8-17-19)14(20)18-9(2)10-5-4-6-11(15)7-10/h4-9H,3,16H2,1-2H3,(H,18,20). The Bertz CT molecular complexity index is 623. The Balaban J connectivity index is 2.17. The topological polar surface area (TPSA) is 72.9 Å². The summed E-state index contributed by atoms with van der Waals surface area (Å²) in [4.78, 5) is 12.2. The summed E-state index contributed by atoms with van der Waals surface area (Å²) in [5, 5.41) is 6.82. The third kappa shape index (κ3) is 2.79. The van der Waals surface area contributed by atoms with Gasteiger partial charge in [0, 0.05) is 6.54 Å². The van der Waals surface area contributed by atoms with Gasteiger partial charge in [-0.3, -0.25) is 9.48 Å². The van der Waals surface area contributed by atoms with Gasteiger partial charge in [-0.15, -0.1) is 0 Å². The van der Waals surface area contributed by atoms with E-state index in [1.807, 2.05) is 6.92 Å². The number of aromatic nitrogens is 2. The fourth-order valence-electron chi connectivity index (χ4n) is 2.01. The molecule has 0 spiro atoms. The van der Waals surface area contributed by atoms with E-state index >= 15 is 0 Å². The first-order valence-corrected chi connectivity index (χ1v) is 6.40. The van der Waals surface area contributed by atoms with Crippen molar-refractivity contribution < 1.29 is 9.18 Å². The molecule has 1 amide bonds. The monoisotopic (exact) mass is 276 g/mol. The number of benzene rings is 1. The van der Waals surface area contributed by atoms with E-state index in [0.717, 1.165) is 0 Å². The number of amides is 1. The maximum Gasteiger partial charge on any atom is 0.272 e. The van der Waals surface area contributed by atoms with E-state index in [1.54, 1.807) is 19.1 Å². The summed E-state index contributed by atoms with van der Waals surface area (Å²) in [5.41, 5.74) is 7.11. The molecule has 0 aliphatic carbocycles. The molecule has 0 bridgehead atoms. The average Bonchev–Trinajstić information content (AvgIpc) is 2.79. The fraction of sp³-hybridized carbons (Fsp3) is 0.286. The van der Waals surface area contributed by atoms with Crippen molar-refractivity contribution in [3.63, 3.8) is 0 Å². The number of hydrogen-bond acceptors (Lipinski definition) is 3. The number of hydrogen-bond donors (Lipinski definition) is 2. The highest BCUT2D eigenvalue weighted by Gasteiger charge is 2.18. The van der Waals surface area contributed by atoms with Gasteiger partial charge in [0.2, 0.25) is 0 Å². The summed E-state index contributed by atoms with van der Waals surface area (Å²) < 4.78 is 14.7. The molecule has 1 atom stereocenters. The Morgan fingerprint density at radius 2 is 2.30 bits per heavy atom. The van der Waals surface area contributed by atoms with Crippen LogP contribution in [0.1, 0.15) is 35.9 Å². The first kappa shape index (κ1) is 14.0. The van der Waals surface area contributed by atoms with E-state index in [1.165, 1.54) is 23.0 Å². The maximum absolute atomic E-state index is 13.2. The Kier molecular flexibility index (Phi) is 4.02. The van der Waals surface area contributed by atoms with Crippen molar-refractivity contribution >= 4 is 11.6 Å². The molecule has 1 aromatic heterocycles. The second-order valence-electron chi connectivity index (χ2n) is 4.51. The summed E-state index contributed by atoms with van der Waals surface area (Å²) in [6.45, 7) is 4.21. The number of nitrogens with zero attached hydrogens (tertiary/aromatic N) is 2. The van der Waals surface area contributed by atoms with Gasteiger partial charge in [-0.05, 0) is 31.5 Å². The van der Waals surface area contributed by atoms with Crippen molar-refractivity contribution in [1.82, 2.24) is 15.1 Å². The Morgan fingerprint density at radius 3 is 2.95 bits per heavy atom. The van der Waals surface area contributed by atoms with Crippen LogP contribution in [0.5, 0.6) is 0 Å². The zero-order chi connectivity index (χ0) is 14.7. The number of anilines is 1. The molecule has 2 rings (SSSR count). The third-order valence-corrected chi connectivity index (χ3v) is 3.08. The molecular weight excluding hydrogens is 259 g/mol. The van der Waals surface area contributed by atoms with Crippen LogP contribution in [-0.4, -0.2) is 15.7 Å². The van der Waals surface area contributed by atoms with Gasteiger partial charge in [-0.2, -0.15) is 5.10 Å². The van der Waals surface area contributed by atoms with Crippen LogP contribution in [0.4, 0.5) is 10.1 Å². The number of halogens is 1. The number of carbonyl (C=O) groups is 1. The van der Waals surface area contributed by atoms with Crippen LogP contribution in [-0.2, 0) is 6.54 Å². The van der Waals surface area contributed by atoms with Crippen LogP contribution in [0.2, 0.25) is 0 Å². The molecule has 0 saturated heterocycles. The van der Waals surface area contributed by atoms with Gasteiger partial charge in [0.15, 0.2) is 0 Å². The first-order valence-electron chi connectivity index (χ1n) is 6.40. The highest BCUT2D eigenvalue weighted by Crippen LogP contribution is 2.16. The predicted octanol–water partition coefficient (Wildman–Crippen LogP) is 2.12. The molecule has 0 radical (unpaired) electrons. The molecule has 3 N–H and O–H groups in total. The van der Waals surface area contributed by atoms with Gasteiger partial charge in [0.1, 0.15) is 11.5 Å². The molecule has 1 heterocycles. The third-order valence-electron chi connectivity index (χ3n) is 3.08. The minimum Gasteiger partial charge on any atom is -0.396 e. The predicted molar refractivity (Wildman–Crippen MR) is 74.6 cm³/mol. The molecular formula is C14H17FN4O. The zero-order valence-electron chi connectivity index (χ0n) is 11.4. The highest BCUT2D eigenvalue weighted by atomic mass is 19.1. The van der Waals surface area contributed by atoms with E-state index in [2.05, 4.69) is 10.4 Å². The lowest BCUT2D eigenvalue weighted by atomic mass is 10.1. The van der Waals surface area contributed by atoms with Crippen LogP contribution in [0, 0.1) is 5.82 Å². The van der Waals surface area contributed by atoms with E-state index < -0.39 is 0 Å². The van der Waals surface area contributed by atoms with E-state index in [9.17, 15) is 9.18 Å². The van der Waals surface area contributed by atoms with Gasteiger partial charge >= 0.3 is 0 Å². The quantitative estimate of drug-likeness (QED) is 0.898. The van der Waals surface area contributed by atoms with Crippen LogP contribution in [0.3, 0.4) is 0 Å². The van der Waals surface area contributed by atoms with E-state index in [4.69, 9.17) is 5.73 Å². The van der Waals surface area contributed by atoms with Gasteiger partial charge in [-0.1, -0.05) is 12.1 Å². The van der Waals surface area contributed by atoms with Crippen LogP contribution in [0.15, 0.2) is 30.5 Å². The summed E-state index contributed by atoms with van der Waals surface area (Å²) in [6, 6.07) is 5.80. The van der Waals surface area contributed by atoms with Crippen molar-refractivity contribution in [1.29, 1.82) is 0 Å². The minimum atomic E-state index is -0.332. The number of nitrogens with one attached hydrogen (secondary N) is 1. The molecule has 1 unspecified atom stereocenters. The Hall–Kier alpha value is -2.37. The fourth-order valence-corrected chi connectivity index (χ4v) is 2.01. The lowest BCUT2D eigenvalue weighted by Gasteiger charge is -2.15. The number of nitrogen functional groups attached to an aromatic ring is 1. The molecule has 6 heteroatoms. The number of carbonyl (C=O) groups excluding carboxylic acids is 1. The summed E-state index contributed by atoms with van der Waals surface area (Å²) >= 11 is 0. The molecule has 106 valence electrons. The molecule has 5 nitrogen and oxygen atoms in total. The lowest BCUT2D eigenvalue weighted by Crippen LogP contribution is -2.29. The van der Waals surface area contributed by atoms with Gasteiger partial charge in [-0.25, -0.2) is 4.39 Å². The number of rotatable bonds is 4. The normalized spacial score (nSPS) is 12.2. The maximum atomic E-state index is 13.2. The highest BCUT2D eigenvalue weighted by molar-refractivity contribution is 5.97. The summed E-state index contributed by atoms with van der Waals surface area (Å²) in [6.07, 6.45) is 1.45. The van der Waals surface area contributed by atoms with Crippen molar-refractivity contribution in [2.45, 2.75) is 26.4 Å². The van der Waals surface area contributed by atoms with E-state index in [0.29, 0.717) is 23.5 Å². The molecule has 0 fully saturated rings. The van der Waals surface area contributed by atoms with Crippen LogP contribution in [0.25, 0.3) is 0 Å². The van der Waals surface area contributed by atoms with Crippen molar-refractivity contribution in [2.75, 3.05) is 5.73 Å². The summed E-state index contributed by atoms with van der Waals surface area (Å²) in [5.74, 6) is -0.652. The van der Waals surface area contributed by atoms with E-state index in [-0.39, 0.29) is 17.8 Å². The Morgan fingerprint density at radius 1 is 1.55 bits per heavy atom. The second-order valence-corrected chi connectivity index (χ2v) is 4.51. The zero-order valence-corrected chi connectivity index (χ0v) is 11.4. The molecule has 1 aromatic carbocycles. The van der Waals surface area contributed by atoms with Crippen molar-refractivity contribution in [2.24, 2.45) is 0 Å². The van der Waals surface area contributed by atoms with Gasteiger partial charge in [0.25, 0.3) is 5.91 Å². The van der Waals surface area contributed by atoms with Crippen LogP contribution >= 0.6 is 0 Å². The number of aryl methyl sites for hydroxylation is 1. The largest absolute Gasteiger partial charge is 0.396 e. The van der Waals surface area contributed by atoms with Gasteiger partial charge in [0.05, 0.1) is 17.9 Å². The molecule has 2 aromatic rings. The molecule has 0 aliphatic rings. The molecule has 0 saturated carbocycles. The first-order chi connectivity index (χ1) is 9.52. The van der Waals surface area contributed by atoms with Crippen LogP contribution < -0.4 is 11.1 Å². The Labute approximate surface area is 116 Å². The smallest absolute Gasteiger partial charge is 0.272 e. The van der Waals surface area contributed by atoms with Crippen molar-refractivity contribution in [3.8, 4) is 0 Å². The summed E-state index contributed by atoms with van der Waals surface area (Å²) in [7, 11) is 0. The lowest BCUT2D eigenvalue weighted by molar-refractivity contribution is 0.0930. The average molecular weight is 276 g/mol.